The van der Waals surface area contributed by atoms with E-state index >= 15 is 0 Å². The third-order valence-corrected chi connectivity index (χ3v) is 3.60. The molecule has 7 nitrogen and oxygen atoms in total. The highest BCUT2D eigenvalue weighted by Gasteiger charge is 2.09. The number of aliphatic carboxylic acids is 1. The summed E-state index contributed by atoms with van der Waals surface area (Å²) in [6.07, 6.45) is 1.22. The molecule has 0 fully saturated rings. The zero-order valence-corrected chi connectivity index (χ0v) is 12.0. The molecule has 2 aromatic heterocycles. The number of pyridine rings is 1. The fourth-order valence-corrected chi connectivity index (χ4v) is 2.43. The van der Waals surface area contributed by atoms with E-state index in [1.54, 1.807) is 18.4 Å². The van der Waals surface area contributed by atoms with Gasteiger partial charge in [-0.3, -0.25) is 23.9 Å². The van der Waals surface area contributed by atoms with Crippen molar-refractivity contribution in [1.82, 2.24) is 9.55 Å². The fourth-order valence-electron chi connectivity index (χ4n) is 1.70. The summed E-state index contributed by atoms with van der Waals surface area (Å²) in [5.74, 6) is -1.31. The van der Waals surface area contributed by atoms with Gasteiger partial charge in [0.1, 0.15) is 6.54 Å². The molecule has 2 aromatic rings. The number of rotatable bonds is 5. The van der Waals surface area contributed by atoms with Gasteiger partial charge in [0, 0.05) is 11.1 Å². The largest absolute Gasteiger partial charge is 0.481 e. The van der Waals surface area contributed by atoms with Gasteiger partial charge in [0.05, 0.1) is 24.0 Å². The van der Waals surface area contributed by atoms with Gasteiger partial charge in [0.2, 0.25) is 5.91 Å². The van der Waals surface area contributed by atoms with Gasteiger partial charge < -0.3 is 10.4 Å². The van der Waals surface area contributed by atoms with Crippen molar-refractivity contribution in [2.75, 3.05) is 5.32 Å². The summed E-state index contributed by atoms with van der Waals surface area (Å²) in [7, 11) is 0. The Hall–Kier alpha value is -2.48. The lowest BCUT2D eigenvalue weighted by Crippen LogP contribution is -2.25. The number of hydrogen-bond donors (Lipinski definition) is 2. The molecule has 0 aliphatic heterocycles. The number of carboxylic acids is 1. The SMILES string of the molecule is Cc1csc(=O)n1CC(=O)Nc1ccc(CC(=O)O)nc1. The smallest absolute Gasteiger partial charge is 0.309 e. The Bertz CT molecular complexity index is 718. The zero-order valence-electron chi connectivity index (χ0n) is 11.2. The van der Waals surface area contributed by atoms with Crippen molar-refractivity contribution in [3.8, 4) is 0 Å². The normalized spacial score (nSPS) is 10.3. The van der Waals surface area contributed by atoms with E-state index in [9.17, 15) is 14.4 Å². The van der Waals surface area contributed by atoms with Crippen LogP contribution in [0.15, 0.2) is 28.5 Å². The van der Waals surface area contributed by atoms with Gasteiger partial charge in [0.25, 0.3) is 0 Å². The number of amides is 1. The topological polar surface area (TPSA) is 101 Å². The molecule has 8 heteroatoms. The molecule has 0 aliphatic rings. The van der Waals surface area contributed by atoms with Gasteiger partial charge in [-0.2, -0.15) is 0 Å². The Labute approximate surface area is 123 Å². The molecular formula is C13H13N3O4S. The number of anilines is 1. The Morgan fingerprint density at radius 2 is 2.19 bits per heavy atom. The highest BCUT2D eigenvalue weighted by atomic mass is 32.1. The van der Waals surface area contributed by atoms with Crippen LogP contribution in [0.3, 0.4) is 0 Å². The van der Waals surface area contributed by atoms with Crippen LogP contribution in [0.1, 0.15) is 11.4 Å². The van der Waals surface area contributed by atoms with Gasteiger partial charge in [0.15, 0.2) is 0 Å². The summed E-state index contributed by atoms with van der Waals surface area (Å²) < 4.78 is 1.38. The minimum atomic E-state index is -0.966. The Kier molecular flexibility index (Phi) is 4.49. The van der Waals surface area contributed by atoms with Gasteiger partial charge >= 0.3 is 10.8 Å². The molecule has 0 aliphatic carbocycles. The van der Waals surface area contributed by atoms with Crippen LogP contribution in [0.25, 0.3) is 0 Å². The number of thiazole rings is 1. The summed E-state index contributed by atoms with van der Waals surface area (Å²) in [5, 5.41) is 12.9. The van der Waals surface area contributed by atoms with E-state index in [1.165, 1.54) is 16.8 Å². The second-order valence-corrected chi connectivity index (χ2v) is 5.21. The van der Waals surface area contributed by atoms with E-state index in [2.05, 4.69) is 10.3 Å². The summed E-state index contributed by atoms with van der Waals surface area (Å²) in [6.45, 7) is 1.69. The summed E-state index contributed by atoms with van der Waals surface area (Å²) >= 11 is 1.05. The van der Waals surface area contributed by atoms with Crippen LogP contribution in [0.4, 0.5) is 5.69 Å². The molecule has 0 atom stereocenters. The molecule has 2 rings (SSSR count). The molecule has 0 aromatic carbocycles. The maximum absolute atomic E-state index is 11.9. The molecule has 0 saturated heterocycles. The molecule has 0 unspecified atom stereocenters. The molecule has 1 amide bonds. The number of hydrogen-bond acceptors (Lipinski definition) is 5. The number of carboxylic acid groups (broad SMARTS) is 1. The molecule has 2 N–H and O–H groups in total. The van der Waals surface area contributed by atoms with Crippen LogP contribution in [-0.2, 0) is 22.6 Å². The predicted octanol–water partition coefficient (Wildman–Crippen LogP) is 0.879. The first-order valence-corrected chi connectivity index (χ1v) is 6.95. The second-order valence-electron chi connectivity index (χ2n) is 4.39. The van der Waals surface area contributed by atoms with E-state index in [0.717, 1.165) is 17.0 Å². The van der Waals surface area contributed by atoms with Crippen LogP contribution in [-0.4, -0.2) is 26.5 Å². The minimum Gasteiger partial charge on any atom is -0.481 e. The summed E-state index contributed by atoms with van der Waals surface area (Å²) in [6, 6.07) is 3.11. The van der Waals surface area contributed by atoms with Crippen LogP contribution < -0.4 is 10.2 Å². The van der Waals surface area contributed by atoms with Crippen molar-refractivity contribution in [3.63, 3.8) is 0 Å². The summed E-state index contributed by atoms with van der Waals surface area (Å²) in [5.41, 5.74) is 1.59. The van der Waals surface area contributed by atoms with E-state index in [4.69, 9.17) is 5.11 Å². The highest BCUT2D eigenvalue weighted by molar-refractivity contribution is 7.07. The number of aryl methyl sites for hydroxylation is 1. The van der Waals surface area contributed by atoms with Crippen molar-refractivity contribution in [2.45, 2.75) is 19.9 Å². The first-order valence-electron chi connectivity index (χ1n) is 6.07. The van der Waals surface area contributed by atoms with E-state index in [1.807, 2.05) is 0 Å². The van der Waals surface area contributed by atoms with Crippen molar-refractivity contribution < 1.29 is 14.7 Å². The van der Waals surface area contributed by atoms with Gasteiger partial charge in [-0.1, -0.05) is 11.3 Å². The Morgan fingerprint density at radius 3 is 2.71 bits per heavy atom. The van der Waals surface area contributed by atoms with Gasteiger partial charge in [-0.05, 0) is 19.1 Å². The van der Waals surface area contributed by atoms with Crippen LogP contribution >= 0.6 is 11.3 Å². The quantitative estimate of drug-likeness (QED) is 0.854. The maximum Gasteiger partial charge on any atom is 0.309 e. The van der Waals surface area contributed by atoms with E-state index < -0.39 is 5.97 Å². The van der Waals surface area contributed by atoms with E-state index in [0.29, 0.717) is 11.4 Å². The number of carbonyl (C=O) groups excluding carboxylic acids is 1. The average Bonchev–Trinajstić information content (AvgIpc) is 2.72. The monoisotopic (exact) mass is 307 g/mol. The summed E-state index contributed by atoms with van der Waals surface area (Å²) in [4.78, 5) is 37.7. The molecular weight excluding hydrogens is 294 g/mol. The fraction of sp³-hybridized carbons (Fsp3) is 0.231. The zero-order chi connectivity index (χ0) is 15.4. The first-order chi connectivity index (χ1) is 9.95. The molecule has 0 bridgehead atoms. The second kappa shape index (κ2) is 6.31. The van der Waals surface area contributed by atoms with Crippen LogP contribution in [0.2, 0.25) is 0 Å². The molecule has 0 saturated carbocycles. The van der Waals surface area contributed by atoms with Gasteiger partial charge in [-0.15, -0.1) is 0 Å². The Balaban J connectivity index is 2.00. The van der Waals surface area contributed by atoms with Gasteiger partial charge in [-0.25, -0.2) is 0 Å². The van der Waals surface area contributed by atoms with Crippen LogP contribution in [0.5, 0.6) is 0 Å². The predicted molar refractivity (Wildman–Crippen MR) is 77.5 cm³/mol. The average molecular weight is 307 g/mol. The molecule has 110 valence electrons. The third kappa shape index (κ3) is 3.99. The molecule has 0 radical (unpaired) electrons. The number of nitrogens with one attached hydrogen (secondary N) is 1. The van der Waals surface area contributed by atoms with Crippen molar-refractivity contribution in [1.29, 1.82) is 0 Å². The lowest BCUT2D eigenvalue weighted by atomic mass is 10.2. The number of aromatic nitrogens is 2. The standard InChI is InChI=1S/C13H13N3O4S/c1-8-7-21-13(20)16(8)6-11(17)15-10-3-2-9(14-5-10)4-12(18)19/h2-3,5,7H,4,6H2,1H3,(H,15,17)(H,18,19). The molecule has 2 heterocycles. The number of carbonyl (C=O) groups is 2. The van der Waals surface area contributed by atoms with E-state index in [-0.39, 0.29) is 23.7 Å². The van der Waals surface area contributed by atoms with Crippen LogP contribution in [0, 0.1) is 6.92 Å². The maximum atomic E-state index is 11.9. The molecule has 21 heavy (non-hydrogen) atoms. The third-order valence-electron chi connectivity index (χ3n) is 2.72. The Morgan fingerprint density at radius 1 is 1.43 bits per heavy atom. The lowest BCUT2D eigenvalue weighted by molar-refractivity contribution is -0.136. The van der Waals surface area contributed by atoms with Crippen molar-refractivity contribution in [3.05, 3.63) is 44.8 Å². The minimum absolute atomic E-state index is 0.0644. The first kappa shape index (κ1) is 14.9. The number of nitrogens with zero attached hydrogens (tertiary/aromatic N) is 2. The van der Waals surface area contributed by atoms with Crippen molar-refractivity contribution in [2.24, 2.45) is 0 Å². The highest BCUT2D eigenvalue weighted by Crippen LogP contribution is 2.07. The van der Waals surface area contributed by atoms with Crippen molar-refractivity contribution >= 4 is 28.9 Å². The lowest BCUT2D eigenvalue weighted by Gasteiger charge is -2.07. The molecule has 0 spiro atoms.